The van der Waals surface area contributed by atoms with Crippen molar-refractivity contribution < 1.29 is 23.9 Å². The molecule has 0 radical (unpaired) electrons. The maximum absolute atomic E-state index is 13.0. The number of carbonyl (C=O) groups is 3. The molecule has 166 valence electrons. The fourth-order valence-electron chi connectivity index (χ4n) is 3.18. The second-order valence-corrected chi connectivity index (χ2v) is 7.35. The van der Waals surface area contributed by atoms with Gasteiger partial charge < -0.3 is 20.5 Å². The Bertz CT molecular complexity index is 1270. The first-order chi connectivity index (χ1) is 15.9. The Balaban J connectivity index is 1.49. The number of rotatable bonds is 6. The van der Waals surface area contributed by atoms with Crippen LogP contribution in [0.15, 0.2) is 83.5 Å². The van der Waals surface area contributed by atoms with E-state index < -0.39 is 17.8 Å². The molecule has 0 aromatic heterocycles. The highest BCUT2D eigenvalue weighted by Gasteiger charge is 2.40. The zero-order chi connectivity index (χ0) is 23.5. The summed E-state index contributed by atoms with van der Waals surface area (Å²) in [6.07, 6.45) is 0. The van der Waals surface area contributed by atoms with Gasteiger partial charge in [0.05, 0.1) is 18.4 Å². The molecule has 1 aliphatic rings. The molecule has 9 heteroatoms. The maximum Gasteiger partial charge on any atom is 0.343 e. The van der Waals surface area contributed by atoms with E-state index in [1.54, 1.807) is 60.7 Å². The van der Waals surface area contributed by atoms with E-state index in [4.69, 9.17) is 26.8 Å². The molecule has 2 amide bonds. The van der Waals surface area contributed by atoms with Crippen molar-refractivity contribution in [2.24, 2.45) is 0 Å². The first kappa shape index (κ1) is 21.9. The van der Waals surface area contributed by atoms with Crippen molar-refractivity contribution in [1.29, 1.82) is 0 Å². The van der Waals surface area contributed by atoms with Crippen LogP contribution < -0.4 is 25.4 Å². The smallest absolute Gasteiger partial charge is 0.343 e. The van der Waals surface area contributed by atoms with E-state index in [1.165, 1.54) is 19.2 Å². The van der Waals surface area contributed by atoms with Crippen LogP contribution >= 0.6 is 11.6 Å². The number of anilines is 3. The van der Waals surface area contributed by atoms with Gasteiger partial charge in [0.25, 0.3) is 11.8 Å². The van der Waals surface area contributed by atoms with Gasteiger partial charge in [0.1, 0.15) is 22.2 Å². The Morgan fingerprint density at radius 3 is 2.27 bits per heavy atom. The fraction of sp³-hybridized carbons (Fsp3) is 0.0417. The van der Waals surface area contributed by atoms with Crippen LogP contribution in [0.1, 0.15) is 10.4 Å². The number of carbonyl (C=O) groups excluding carboxylic acids is 3. The van der Waals surface area contributed by atoms with Crippen molar-refractivity contribution in [3.63, 3.8) is 0 Å². The number of esters is 1. The van der Waals surface area contributed by atoms with Crippen LogP contribution in [0.3, 0.4) is 0 Å². The van der Waals surface area contributed by atoms with Gasteiger partial charge in [0, 0.05) is 11.4 Å². The summed E-state index contributed by atoms with van der Waals surface area (Å²) in [6.45, 7) is 0. The molecular weight excluding hydrogens is 446 g/mol. The third-order valence-electron chi connectivity index (χ3n) is 4.83. The van der Waals surface area contributed by atoms with Gasteiger partial charge in [-0.15, -0.1) is 0 Å². The van der Waals surface area contributed by atoms with Crippen molar-refractivity contribution in [3.05, 3.63) is 89.1 Å². The molecule has 0 aliphatic carbocycles. The zero-order valence-corrected chi connectivity index (χ0v) is 18.1. The highest BCUT2D eigenvalue weighted by molar-refractivity contribution is 6.53. The van der Waals surface area contributed by atoms with E-state index in [9.17, 15) is 14.4 Å². The van der Waals surface area contributed by atoms with Crippen LogP contribution in [0, 0.1) is 0 Å². The van der Waals surface area contributed by atoms with Crippen molar-refractivity contribution in [2.75, 3.05) is 23.1 Å². The van der Waals surface area contributed by atoms with Gasteiger partial charge in [-0.2, -0.15) is 0 Å². The van der Waals surface area contributed by atoms with Crippen molar-refractivity contribution in [1.82, 2.24) is 0 Å². The van der Waals surface area contributed by atoms with E-state index in [1.807, 2.05) is 0 Å². The molecule has 8 nitrogen and oxygen atoms in total. The molecule has 33 heavy (non-hydrogen) atoms. The highest BCUT2D eigenvalue weighted by Crippen LogP contribution is 2.35. The summed E-state index contributed by atoms with van der Waals surface area (Å²) < 4.78 is 10.5. The standard InChI is InChI=1S/C24H18ClN3O5/c1-32-19-5-3-2-4-18(19)28-22(29)20(25)21(23(28)30)27-16-10-6-14(7-11-16)24(31)33-17-12-8-15(26)9-13-17/h2-13,27H,26H2,1H3. The van der Waals surface area contributed by atoms with Gasteiger partial charge in [-0.1, -0.05) is 23.7 Å². The number of nitrogens with two attached hydrogens (primary N) is 1. The van der Waals surface area contributed by atoms with Gasteiger partial charge in [-0.25, -0.2) is 9.69 Å². The Morgan fingerprint density at radius 1 is 0.939 bits per heavy atom. The Labute approximate surface area is 194 Å². The number of benzene rings is 3. The van der Waals surface area contributed by atoms with E-state index in [0.29, 0.717) is 28.4 Å². The van der Waals surface area contributed by atoms with Crippen LogP contribution in [-0.4, -0.2) is 24.9 Å². The molecule has 3 N–H and O–H groups in total. The number of ether oxygens (including phenoxy) is 2. The van der Waals surface area contributed by atoms with E-state index in [2.05, 4.69) is 5.32 Å². The number of nitrogens with one attached hydrogen (secondary N) is 1. The maximum atomic E-state index is 13.0. The van der Waals surface area contributed by atoms with Crippen LogP contribution in [0.25, 0.3) is 0 Å². The molecule has 0 fully saturated rings. The predicted molar refractivity (Wildman–Crippen MR) is 124 cm³/mol. The Kier molecular flexibility index (Phi) is 6.01. The summed E-state index contributed by atoms with van der Waals surface area (Å²) in [5, 5.41) is 2.61. The van der Waals surface area contributed by atoms with Crippen LogP contribution in [-0.2, 0) is 9.59 Å². The number of hydrogen-bond donors (Lipinski definition) is 2. The van der Waals surface area contributed by atoms with Crippen molar-refractivity contribution in [3.8, 4) is 11.5 Å². The van der Waals surface area contributed by atoms with E-state index >= 15 is 0 Å². The summed E-state index contributed by atoms with van der Waals surface area (Å²) >= 11 is 6.18. The molecule has 0 saturated heterocycles. The topological polar surface area (TPSA) is 111 Å². The molecule has 4 rings (SSSR count). The third kappa shape index (κ3) is 4.37. The summed E-state index contributed by atoms with van der Waals surface area (Å²) in [5.41, 5.74) is 7.13. The van der Waals surface area contributed by atoms with Crippen LogP contribution in [0.2, 0.25) is 0 Å². The second-order valence-electron chi connectivity index (χ2n) is 6.97. The minimum atomic E-state index is -0.669. The average molecular weight is 464 g/mol. The number of methoxy groups -OCH3 is 1. The SMILES string of the molecule is COc1ccccc1N1C(=O)C(Cl)=C(Nc2ccc(C(=O)Oc3ccc(N)cc3)cc2)C1=O. The Morgan fingerprint density at radius 2 is 1.61 bits per heavy atom. The molecule has 0 bridgehead atoms. The molecule has 3 aromatic rings. The number of halogens is 1. The first-order valence-corrected chi connectivity index (χ1v) is 10.1. The third-order valence-corrected chi connectivity index (χ3v) is 5.18. The molecule has 0 spiro atoms. The molecule has 0 saturated carbocycles. The average Bonchev–Trinajstić information content (AvgIpc) is 3.04. The summed E-state index contributed by atoms with van der Waals surface area (Å²) in [6, 6.07) is 19.2. The summed E-state index contributed by atoms with van der Waals surface area (Å²) in [4.78, 5) is 38.9. The number of para-hydroxylation sites is 2. The molecular formula is C24H18ClN3O5. The van der Waals surface area contributed by atoms with E-state index in [0.717, 1.165) is 4.90 Å². The predicted octanol–water partition coefficient (Wildman–Crippen LogP) is 3.93. The van der Waals surface area contributed by atoms with Crippen molar-refractivity contribution >= 4 is 46.4 Å². The van der Waals surface area contributed by atoms with Crippen molar-refractivity contribution in [2.45, 2.75) is 0 Å². The minimum Gasteiger partial charge on any atom is -0.495 e. The lowest BCUT2D eigenvalue weighted by Crippen LogP contribution is -2.32. The van der Waals surface area contributed by atoms with Gasteiger partial charge in [-0.3, -0.25) is 9.59 Å². The Hall–Kier alpha value is -4.30. The molecule has 3 aromatic carbocycles. The second kappa shape index (κ2) is 9.05. The first-order valence-electron chi connectivity index (χ1n) is 9.75. The van der Waals surface area contributed by atoms with E-state index in [-0.39, 0.29) is 16.4 Å². The van der Waals surface area contributed by atoms with Crippen LogP contribution in [0.4, 0.5) is 17.1 Å². The number of imide groups is 1. The number of amides is 2. The highest BCUT2D eigenvalue weighted by atomic mass is 35.5. The normalized spacial score (nSPS) is 13.3. The van der Waals surface area contributed by atoms with Gasteiger partial charge in [0.2, 0.25) is 0 Å². The molecule has 1 aliphatic heterocycles. The monoisotopic (exact) mass is 463 g/mol. The molecule has 1 heterocycles. The quantitative estimate of drug-likeness (QED) is 0.246. The lowest BCUT2D eigenvalue weighted by molar-refractivity contribution is -0.120. The summed E-state index contributed by atoms with van der Waals surface area (Å²) in [5.74, 6) is -1.13. The number of nitrogen functional groups attached to an aromatic ring is 1. The minimum absolute atomic E-state index is 0.0789. The number of hydrogen-bond acceptors (Lipinski definition) is 7. The lowest BCUT2D eigenvalue weighted by Gasteiger charge is -2.17. The van der Waals surface area contributed by atoms with Crippen LogP contribution in [0.5, 0.6) is 11.5 Å². The summed E-state index contributed by atoms with van der Waals surface area (Å²) in [7, 11) is 1.44. The zero-order valence-electron chi connectivity index (χ0n) is 17.4. The van der Waals surface area contributed by atoms with Gasteiger partial charge in [0.15, 0.2) is 0 Å². The van der Waals surface area contributed by atoms with Gasteiger partial charge in [-0.05, 0) is 60.7 Å². The largest absolute Gasteiger partial charge is 0.495 e. The molecule has 0 unspecified atom stereocenters. The fourth-order valence-corrected chi connectivity index (χ4v) is 3.39. The lowest BCUT2D eigenvalue weighted by atomic mass is 10.2. The molecule has 0 atom stereocenters. The number of nitrogens with zero attached hydrogens (tertiary/aromatic N) is 1. The van der Waals surface area contributed by atoms with Gasteiger partial charge >= 0.3 is 5.97 Å².